The van der Waals surface area contributed by atoms with E-state index in [0.29, 0.717) is 25.7 Å². The Morgan fingerprint density at radius 2 is 2.20 bits per heavy atom. The minimum atomic E-state index is -0.213. The summed E-state index contributed by atoms with van der Waals surface area (Å²) in [6, 6.07) is 4.33. The first kappa shape index (κ1) is 21.5. The zero-order valence-electron chi connectivity index (χ0n) is 14.9. The van der Waals surface area contributed by atoms with Crippen molar-refractivity contribution in [2.75, 3.05) is 33.3 Å². The van der Waals surface area contributed by atoms with Crippen LogP contribution in [0.4, 0.5) is 4.79 Å². The molecule has 0 atom stereocenters. The lowest BCUT2D eigenvalue weighted by Gasteiger charge is -2.32. The van der Waals surface area contributed by atoms with E-state index >= 15 is 0 Å². The molecule has 0 aliphatic carbocycles. The predicted molar refractivity (Wildman–Crippen MR) is 109 cm³/mol. The Hall–Kier alpha value is -1.58. The zero-order valence-corrected chi connectivity index (χ0v) is 17.2. The summed E-state index contributed by atoms with van der Waals surface area (Å²) < 4.78 is 5.04. The highest BCUT2D eigenvalue weighted by Crippen LogP contribution is 2.11. The average Bonchev–Trinajstić information content (AvgIpc) is 2.62. The van der Waals surface area contributed by atoms with E-state index in [9.17, 15) is 4.79 Å². The predicted octanol–water partition coefficient (Wildman–Crippen LogP) is 2.03. The highest BCUT2D eigenvalue weighted by atomic mass is 127. The minimum Gasteiger partial charge on any atom is -0.450 e. The van der Waals surface area contributed by atoms with Crippen LogP contribution in [0.5, 0.6) is 0 Å². The lowest BCUT2D eigenvalue weighted by Crippen LogP contribution is -2.50. The van der Waals surface area contributed by atoms with Crippen molar-refractivity contribution in [2.45, 2.75) is 32.2 Å². The van der Waals surface area contributed by atoms with E-state index in [-0.39, 0.29) is 30.1 Å². The molecule has 2 heterocycles. The number of hydrogen-bond acceptors (Lipinski definition) is 4. The molecule has 1 aromatic heterocycles. The first-order valence-electron chi connectivity index (χ1n) is 8.50. The van der Waals surface area contributed by atoms with E-state index in [4.69, 9.17) is 4.74 Å². The Balaban J connectivity index is 0.00000312. The van der Waals surface area contributed by atoms with Gasteiger partial charge >= 0.3 is 6.09 Å². The van der Waals surface area contributed by atoms with Crippen LogP contribution >= 0.6 is 24.0 Å². The quantitative estimate of drug-likeness (QED) is 0.399. The van der Waals surface area contributed by atoms with Gasteiger partial charge in [0.2, 0.25) is 0 Å². The number of carbonyl (C=O) groups excluding carboxylic acids is 1. The standard InChI is InChI=1S/C17H27N5O2.HI/c1-3-24-17(23)22-11-7-15(8-12-22)21-16(18-2)20-10-6-14-5-4-9-19-13-14;/h4-5,9,13,15H,3,6-8,10-12H2,1-2H3,(H2,18,20,21);1H. The van der Waals surface area contributed by atoms with Crippen LogP contribution in [0.2, 0.25) is 0 Å². The summed E-state index contributed by atoms with van der Waals surface area (Å²) in [6.07, 6.45) is 6.12. The van der Waals surface area contributed by atoms with Gasteiger partial charge in [0.1, 0.15) is 0 Å². The van der Waals surface area contributed by atoms with Gasteiger partial charge in [0.15, 0.2) is 5.96 Å². The molecule has 1 aromatic rings. The van der Waals surface area contributed by atoms with Gasteiger partial charge in [-0.15, -0.1) is 24.0 Å². The van der Waals surface area contributed by atoms with Crippen molar-refractivity contribution in [3.05, 3.63) is 30.1 Å². The molecular weight excluding hydrogens is 433 g/mol. The first-order chi connectivity index (χ1) is 11.7. The van der Waals surface area contributed by atoms with Crippen molar-refractivity contribution in [3.63, 3.8) is 0 Å². The highest BCUT2D eigenvalue weighted by molar-refractivity contribution is 14.0. The Bertz CT molecular complexity index is 533. The smallest absolute Gasteiger partial charge is 0.409 e. The second kappa shape index (κ2) is 11.9. The molecule has 140 valence electrons. The number of rotatable bonds is 5. The molecule has 1 fully saturated rings. The van der Waals surface area contributed by atoms with Crippen molar-refractivity contribution >= 4 is 36.0 Å². The van der Waals surface area contributed by atoms with Gasteiger partial charge in [0.25, 0.3) is 0 Å². The summed E-state index contributed by atoms with van der Waals surface area (Å²) in [7, 11) is 1.77. The number of nitrogens with one attached hydrogen (secondary N) is 2. The summed E-state index contributed by atoms with van der Waals surface area (Å²) in [5.74, 6) is 0.800. The van der Waals surface area contributed by atoms with E-state index in [1.54, 1.807) is 18.1 Å². The largest absolute Gasteiger partial charge is 0.450 e. The van der Waals surface area contributed by atoms with Gasteiger partial charge in [-0.3, -0.25) is 9.98 Å². The maximum atomic E-state index is 11.7. The number of guanidine groups is 1. The van der Waals surface area contributed by atoms with Crippen LogP contribution in [0.1, 0.15) is 25.3 Å². The van der Waals surface area contributed by atoms with Crippen LogP contribution in [0.3, 0.4) is 0 Å². The van der Waals surface area contributed by atoms with Crippen LogP contribution in [-0.2, 0) is 11.2 Å². The average molecular weight is 461 g/mol. The van der Waals surface area contributed by atoms with Gasteiger partial charge in [0.05, 0.1) is 6.61 Å². The Labute approximate surface area is 166 Å². The van der Waals surface area contributed by atoms with Crippen molar-refractivity contribution in [3.8, 4) is 0 Å². The maximum Gasteiger partial charge on any atom is 0.409 e. The van der Waals surface area contributed by atoms with E-state index < -0.39 is 0 Å². The number of hydrogen-bond donors (Lipinski definition) is 2. The first-order valence-corrected chi connectivity index (χ1v) is 8.50. The molecular formula is C17H28IN5O2. The van der Waals surface area contributed by atoms with Crippen LogP contribution in [0, 0.1) is 0 Å². The summed E-state index contributed by atoms with van der Waals surface area (Å²) >= 11 is 0. The molecule has 0 saturated carbocycles. The molecule has 1 saturated heterocycles. The number of likely N-dealkylation sites (tertiary alicyclic amines) is 1. The summed E-state index contributed by atoms with van der Waals surface area (Å²) in [6.45, 7) is 4.47. The lowest BCUT2D eigenvalue weighted by molar-refractivity contribution is 0.0963. The van der Waals surface area contributed by atoms with Crippen molar-refractivity contribution in [2.24, 2.45) is 4.99 Å². The van der Waals surface area contributed by atoms with Crippen LogP contribution in [0.25, 0.3) is 0 Å². The lowest BCUT2D eigenvalue weighted by atomic mass is 10.1. The Morgan fingerprint density at radius 1 is 1.44 bits per heavy atom. The zero-order chi connectivity index (χ0) is 17.2. The van der Waals surface area contributed by atoms with E-state index in [1.807, 2.05) is 19.2 Å². The molecule has 0 spiro atoms. The third-order valence-corrected chi connectivity index (χ3v) is 4.01. The number of carbonyl (C=O) groups is 1. The molecule has 0 aromatic carbocycles. The number of pyridine rings is 1. The number of piperidine rings is 1. The third-order valence-electron chi connectivity index (χ3n) is 4.01. The van der Waals surface area contributed by atoms with Gasteiger partial charge in [0, 0.05) is 45.1 Å². The third kappa shape index (κ3) is 7.45. The van der Waals surface area contributed by atoms with Crippen LogP contribution in [0.15, 0.2) is 29.5 Å². The molecule has 1 aliphatic heterocycles. The number of ether oxygens (including phenoxy) is 1. The van der Waals surface area contributed by atoms with Gasteiger partial charge in [-0.25, -0.2) is 4.79 Å². The number of halogens is 1. The Kier molecular flexibility index (Phi) is 10.2. The normalized spacial score (nSPS) is 15.3. The van der Waals surface area contributed by atoms with Crippen molar-refractivity contribution < 1.29 is 9.53 Å². The Morgan fingerprint density at radius 3 is 2.80 bits per heavy atom. The fourth-order valence-corrected chi connectivity index (χ4v) is 2.68. The highest BCUT2D eigenvalue weighted by Gasteiger charge is 2.23. The van der Waals surface area contributed by atoms with Crippen LogP contribution in [-0.4, -0.2) is 61.3 Å². The number of aliphatic imine (C=N–C) groups is 1. The molecule has 1 amide bonds. The molecule has 0 radical (unpaired) electrons. The molecule has 0 unspecified atom stereocenters. The fraction of sp³-hybridized carbons (Fsp3) is 0.588. The van der Waals surface area contributed by atoms with Crippen molar-refractivity contribution in [1.29, 1.82) is 0 Å². The molecule has 7 nitrogen and oxygen atoms in total. The maximum absolute atomic E-state index is 11.7. The van der Waals surface area contributed by atoms with E-state index in [2.05, 4.69) is 26.7 Å². The van der Waals surface area contributed by atoms with Crippen molar-refractivity contribution in [1.82, 2.24) is 20.5 Å². The number of aromatic nitrogens is 1. The second-order valence-electron chi connectivity index (χ2n) is 5.71. The SMILES string of the molecule is CCOC(=O)N1CCC(NC(=NC)NCCc2cccnc2)CC1.I. The van der Waals surface area contributed by atoms with E-state index in [0.717, 1.165) is 31.8 Å². The number of amides is 1. The second-order valence-corrected chi connectivity index (χ2v) is 5.71. The molecule has 2 N–H and O–H groups in total. The monoisotopic (exact) mass is 461 g/mol. The molecule has 8 heteroatoms. The molecule has 0 bridgehead atoms. The number of nitrogens with zero attached hydrogens (tertiary/aromatic N) is 3. The van der Waals surface area contributed by atoms with E-state index in [1.165, 1.54) is 5.56 Å². The summed E-state index contributed by atoms with van der Waals surface area (Å²) in [5, 5.41) is 6.75. The van der Waals surface area contributed by atoms with Crippen LogP contribution < -0.4 is 10.6 Å². The van der Waals surface area contributed by atoms with Gasteiger partial charge in [-0.1, -0.05) is 6.07 Å². The minimum absolute atomic E-state index is 0. The van der Waals surface area contributed by atoms with Gasteiger partial charge < -0.3 is 20.3 Å². The summed E-state index contributed by atoms with van der Waals surface area (Å²) in [4.78, 5) is 21.9. The van der Waals surface area contributed by atoms with Gasteiger partial charge in [-0.05, 0) is 37.8 Å². The molecule has 25 heavy (non-hydrogen) atoms. The molecule has 1 aliphatic rings. The fourth-order valence-electron chi connectivity index (χ4n) is 2.68. The van der Waals surface area contributed by atoms with Gasteiger partial charge in [-0.2, -0.15) is 0 Å². The topological polar surface area (TPSA) is 78.8 Å². The molecule has 2 rings (SSSR count). The summed E-state index contributed by atoms with van der Waals surface area (Å²) in [5.41, 5.74) is 1.20.